The van der Waals surface area contributed by atoms with Gasteiger partial charge in [-0.1, -0.05) is 49.6 Å². The fourth-order valence-electron chi connectivity index (χ4n) is 3.08. The zero-order chi connectivity index (χ0) is 15.9. The molecule has 1 aliphatic rings. The highest BCUT2D eigenvalue weighted by Gasteiger charge is 2.29. The Morgan fingerprint density at radius 3 is 2.45 bits per heavy atom. The molecule has 1 atom stereocenters. The Kier molecular flexibility index (Phi) is 5.81. The monoisotopic (exact) mass is 303 g/mol. The van der Waals surface area contributed by atoms with E-state index in [9.17, 15) is 9.59 Å². The van der Waals surface area contributed by atoms with Gasteiger partial charge in [0.1, 0.15) is 6.04 Å². The van der Waals surface area contributed by atoms with Crippen LogP contribution >= 0.6 is 0 Å². The predicted molar refractivity (Wildman–Crippen MR) is 86.0 cm³/mol. The summed E-state index contributed by atoms with van der Waals surface area (Å²) in [5.41, 5.74) is 6.25. The first-order valence-electron chi connectivity index (χ1n) is 7.98. The number of benzene rings is 1. The van der Waals surface area contributed by atoms with Crippen LogP contribution in [-0.2, 0) is 11.3 Å². The van der Waals surface area contributed by atoms with Crippen LogP contribution in [-0.4, -0.2) is 28.9 Å². The molecule has 1 aliphatic carbocycles. The maximum Gasteiger partial charge on any atom is 0.312 e. The molecule has 3 N–H and O–H groups in total. The molecule has 0 heterocycles. The third-order valence-corrected chi connectivity index (χ3v) is 4.22. The van der Waals surface area contributed by atoms with Crippen LogP contribution in [0.25, 0.3) is 0 Å². The number of nitrogens with two attached hydrogens (primary N) is 1. The van der Waals surface area contributed by atoms with Crippen LogP contribution in [0.4, 0.5) is 4.79 Å². The fraction of sp³-hybridized carbons (Fsp3) is 0.529. The van der Waals surface area contributed by atoms with Gasteiger partial charge in [-0.3, -0.25) is 4.79 Å². The molecular formula is C17H25N3O2. The van der Waals surface area contributed by atoms with Gasteiger partial charge in [-0.25, -0.2) is 4.79 Å². The van der Waals surface area contributed by atoms with E-state index < -0.39 is 12.1 Å². The first-order chi connectivity index (χ1) is 10.6. The van der Waals surface area contributed by atoms with E-state index in [4.69, 9.17) is 5.73 Å². The molecule has 1 unspecified atom stereocenters. The van der Waals surface area contributed by atoms with E-state index in [1.807, 2.05) is 35.2 Å². The first kappa shape index (κ1) is 16.3. The molecule has 1 saturated carbocycles. The average Bonchev–Trinajstić information content (AvgIpc) is 2.53. The topological polar surface area (TPSA) is 75.4 Å². The SMILES string of the molecule is CC(NC(N)=O)C(=O)N(Cc1ccccc1)C1CCCCC1. The third kappa shape index (κ3) is 4.48. The van der Waals surface area contributed by atoms with Crippen molar-refractivity contribution in [3.8, 4) is 0 Å². The molecule has 0 saturated heterocycles. The van der Waals surface area contributed by atoms with Crippen LogP contribution in [0.15, 0.2) is 30.3 Å². The van der Waals surface area contributed by atoms with Crippen LogP contribution in [0.3, 0.4) is 0 Å². The molecule has 1 aromatic rings. The van der Waals surface area contributed by atoms with Gasteiger partial charge in [0.2, 0.25) is 5.91 Å². The van der Waals surface area contributed by atoms with Crippen molar-refractivity contribution in [2.75, 3.05) is 0 Å². The second kappa shape index (κ2) is 7.82. The molecule has 1 aromatic carbocycles. The fourth-order valence-corrected chi connectivity index (χ4v) is 3.08. The van der Waals surface area contributed by atoms with Crippen LogP contribution in [0.5, 0.6) is 0 Å². The van der Waals surface area contributed by atoms with E-state index in [1.165, 1.54) is 6.42 Å². The molecular weight excluding hydrogens is 278 g/mol. The minimum absolute atomic E-state index is 0.0606. The molecule has 2 rings (SSSR count). The molecule has 120 valence electrons. The summed E-state index contributed by atoms with van der Waals surface area (Å²) < 4.78 is 0. The van der Waals surface area contributed by atoms with E-state index in [0.29, 0.717) is 6.54 Å². The number of amides is 3. The lowest BCUT2D eigenvalue weighted by Gasteiger charge is -2.36. The maximum atomic E-state index is 12.7. The highest BCUT2D eigenvalue weighted by Crippen LogP contribution is 2.24. The maximum absolute atomic E-state index is 12.7. The number of rotatable bonds is 5. The van der Waals surface area contributed by atoms with E-state index >= 15 is 0 Å². The molecule has 22 heavy (non-hydrogen) atoms. The van der Waals surface area contributed by atoms with Gasteiger partial charge in [-0.05, 0) is 25.3 Å². The lowest BCUT2D eigenvalue weighted by molar-refractivity contribution is -0.136. The molecule has 0 bridgehead atoms. The normalized spacial score (nSPS) is 16.8. The molecule has 5 heteroatoms. The summed E-state index contributed by atoms with van der Waals surface area (Å²) in [6, 6.07) is 8.96. The predicted octanol–water partition coefficient (Wildman–Crippen LogP) is 2.40. The Morgan fingerprint density at radius 1 is 1.23 bits per heavy atom. The Bertz CT molecular complexity index is 498. The third-order valence-electron chi connectivity index (χ3n) is 4.22. The Morgan fingerprint density at radius 2 is 1.86 bits per heavy atom. The summed E-state index contributed by atoms with van der Waals surface area (Å²) in [5, 5.41) is 2.50. The van der Waals surface area contributed by atoms with Gasteiger partial charge >= 0.3 is 6.03 Å². The summed E-state index contributed by atoms with van der Waals surface area (Å²) in [6.45, 7) is 2.27. The van der Waals surface area contributed by atoms with Crippen LogP contribution in [0.1, 0.15) is 44.6 Å². The van der Waals surface area contributed by atoms with E-state index in [-0.39, 0.29) is 11.9 Å². The van der Waals surface area contributed by atoms with Gasteiger partial charge in [-0.15, -0.1) is 0 Å². The number of nitrogens with one attached hydrogen (secondary N) is 1. The number of hydrogen-bond acceptors (Lipinski definition) is 2. The molecule has 3 amide bonds. The Labute approximate surface area is 131 Å². The van der Waals surface area contributed by atoms with Crippen molar-refractivity contribution >= 4 is 11.9 Å². The second-order valence-corrected chi connectivity index (χ2v) is 5.97. The van der Waals surface area contributed by atoms with Crippen molar-refractivity contribution in [3.63, 3.8) is 0 Å². The highest BCUT2D eigenvalue weighted by molar-refractivity contribution is 5.86. The van der Waals surface area contributed by atoms with E-state index in [2.05, 4.69) is 5.32 Å². The smallest absolute Gasteiger partial charge is 0.312 e. The largest absolute Gasteiger partial charge is 0.352 e. The van der Waals surface area contributed by atoms with Crippen molar-refractivity contribution in [1.29, 1.82) is 0 Å². The quantitative estimate of drug-likeness (QED) is 0.876. The number of primary amides is 1. The zero-order valence-electron chi connectivity index (χ0n) is 13.1. The summed E-state index contributed by atoms with van der Waals surface area (Å²) in [7, 11) is 0. The van der Waals surface area contributed by atoms with Gasteiger partial charge in [0, 0.05) is 12.6 Å². The molecule has 1 fully saturated rings. The van der Waals surface area contributed by atoms with Gasteiger partial charge < -0.3 is 16.0 Å². The molecule has 0 aromatic heterocycles. The number of carbonyl (C=O) groups excluding carboxylic acids is 2. The minimum atomic E-state index is -0.663. The molecule has 5 nitrogen and oxygen atoms in total. The van der Waals surface area contributed by atoms with E-state index in [0.717, 1.165) is 31.2 Å². The molecule has 0 radical (unpaired) electrons. The summed E-state index contributed by atoms with van der Waals surface area (Å²) >= 11 is 0. The standard InChI is InChI=1S/C17H25N3O2/c1-13(19-17(18)22)16(21)20(15-10-6-3-7-11-15)12-14-8-4-2-5-9-14/h2,4-5,8-9,13,15H,3,6-7,10-12H2,1H3,(H3,18,19,22). The highest BCUT2D eigenvalue weighted by atomic mass is 16.2. The van der Waals surface area contributed by atoms with Gasteiger partial charge in [0.05, 0.1) is 0 Å². The second-order valence-electron chi connectivity index (χ2n) is 5.97. The lowest BCUT2D eigenvalue weighted by atomic mass is 9.93. The van der Waals surface area contributed by atoms with Crippen LogP contribution < -0.4 is 11.1 Å². The van der Waals surface area contributed by atoms with Crippen molar-refractivity contribution in [3.05, 3.63) is 35.9 Å². The number of carbonyl (C=O) groups is 2. The molecule has 0 spiro atoms. The summed E-state index contributed by atoms with van der Waals surface area (Å²) in [4.78, 5) is 25.7. The lowest BCUT2D eigenvalue weighted by Crippen LogP contribution is -2.51. The van der Waals surface area contributed by atoms with Crippen LogP contribution in [0.2, 0.25) is 0 Å². The summed E-state index contributed by atoms with van der Waals surface area (Å²) in [6.07, 6.45) is 5.60. The van der Waals surface area contributed by atoms with Gasteiger partial charge in [0.15, 0.2) is 0 Å². The first-order valence-corrected chi connectivity index (χ1v) is 7.98. The Hall–Kier alpha value is -2.04. The van der Waals surface area contributed by atoms with Crippen LogP contribution in [0, 0.1) is 0 Å². The Balaban J connectivity index is 2.13. The van der Waals surface area contributed by atoms with Crippen molar-refractivity contribution in [2.24, 2.45) is 5.73 Å². The average molecular weight is 303 g/mol. The number of nitrogens with zero attached hydrogens (tertiary/aromatic N) is 1. The van der Waals surface area contributed by atoms with Gasteiger partial charge in [-0.2, -0.15) is 0 Å². The van der Waals surface area contributed by atoms with E-state index in [1.54, 1.807) is 6.92 Å². The van der Waals surface area contributed by atoms with Crippen molar-refractivity contribution in [1.82, 2.24) is 10.2 Å². The van der Waals surface area contributed by atoms with Crippen molar-refractivity contribution in [2.45, 2.75) is 57.7 Å². The number of hydrogen-bond donors (Lipinski definition) is 2. The minimum Gasteiger partial charge on any atom is -0.352 e. The summed E-state index contributed by atoms with van der Waals surface area (Å²) in [5.74, 6) is -0.0606. The van der Waals surface area contributed by atoms with Gasteiger partial charge in [0.25, 0.3) is 0 Å². The molecule has 0 aliphatic heterocycles. The van der Waals surface area contributed by atoms with Crippen molar-refractivity contribution < 1.29 is 9.59 Å². The zero-order valence-corrected chi connectivity index (χ0v) is 13.1. The number of urea groups is 1.